The number of likely N-dealkylation sites (tertiary alicyclic amines) is 1. The van der Waals surface area contributed by atoms with Gasteiger partial charge in [0.25, 0.3) is 5.91 Å². The summed E-state index contributed by atoms with van der Waals surface area (Å²) in [5, 5.41) is 0. The second-order valence-corrected chi connectivity index (χ2v) is 4.62. The minimum Gasteiger partial charge on any atom is -0.337 e. The average molecular weight is 273 g/mol. The van der Waals surface area contributed by atoms with Gasteiger partial charge in [0.2, 0.25) is 0 Å². The lowest BCUT2D eigenvalue weighted by molar-refractivity contribution is 0.0708. The molecule has 1 unspecified atom stereocenters. The lowest BCUT2D eigenvalue weighted by Gasteiger charge is -2.30. The van der Waals surface area contributed by atoms with Crippen molar-refractivity contribution in [3.63, 3.8) is 0 Å². The molecule has 0 aromatic heterocycles. The molecular formula is C13H18ClFN2O. The number of piperidine rings is 1. The number of hydrogen-bond donors (Lipinski definition) is 1. The first-order chi connectivity index (χ1) is 8.08. The topological polar surface area (TPSA) is 46.3 Å². The summed E-state index contributed by atoms with van der Waals surface area (Å²) in [7, 11) is 0. The third-order valence-corrected chi connectivity index (χ3v) is 3.16. The van der Waals surface area contributed by atoms with Crippen molar-refractivity contribution >= 4 is 18.3 Å². The molecule has 0 bridgehead atoms. The van der Waals surface area contributed by atoms with E-state index < -0.39 is 0 Å². The van der Waals surface area contributed by atoms with Crippen LogP contribution in [0.5, 0.6) is 0 Å². The normalized spacial score (nSPS) is 19.3. The number of aryl methyl sites for hydroxylation is 1. The molecule has 3 nitrogen and oxygen atoms in total. The second kappa shape index (κ2) is 6.16. The van der Waals surface area contributed by atoms with Gasteiger partial charge in [-0.1, -0.05) is 6.07 Å². The Bertz CT molecular complexity index is 439. The highest BCUT2D eigenvalue weighted by molar-refractivity contribution is 5.94. The summed E-state index contributed by atoms with van der Waals surface area (Å²) in [5.41, 5.74) is 6.78. The molecular weight excluding hydrogens is 255 g/mol. The Morgan fingerprint density at radius 1 is 1.50 bits per heavy atom. The third kappa shape index (κ3) is 3.21. The van der Waals surface area contributed by atoms with E-state index in [1.165, 1.54) is 6.07 Å². The van der Waals surface area contributed by atoms with Crippen LogP contribution < -0.4 is 5.73 Å². The summed E-state index contributed by atoms with van der Waals surface area (Å²) in [6.45, 7) is 2.96. The number of benzene rings is 1. The largest absolute Gasteiger partial charge is 0.337 e. The molecule has 0 aliphatic carbocycles. The molecule has 1 saturated heterocycles. The number of rotatable bonds is 1. The van der Waals surface area contributed by atoms with E-state index in [1.807, 2.05) is 0 Å². The van der Waals surface area contributed by atoms with E-state index in [1.54, 1.807) is 24.0 Å². The van der Waals surface area contributed by atoms with Crippen LogP contribution in [0, 0.1) is 12.7 Å². The molecule has 100 valence electrons. The Hall–Kier alpha value is -1.13. The Morgan fingerprint density at radius 2 is 2.22 bits per heavy atom. The van der Waals surface area contributed by atoms with Crippen molar-refractivity contribution in [3.05, 3.63) is 35.1 Å². The summed E-state index contributed by atoms with van der Waals surface area (Å²) >= 11 is 0. The molecule has 1 aromatic rings. The van der Waals surface area contributed by atoms with Gasteiger partial charge in [0, 0.05) is 24.7 Å². The molecule has 1 aliphatic heterocycles. The molecule has 18 heavy (non-hydrogen) atoms. The van der Waals surface area contributed by atoms with Crippen molar-refractivity contribution in [2.75, 3.05) is 13.1 Å². The van der Waals surface area contributed by atoms with E-state index in [0.717, 1.165) is 12.8 Å². The van der Waals surface area contributed by atoms with Crippen molar-refractivity contribution in [3.8, 4) is 0 Å². The zero-order valence-corrected chi connectivity index (χ0v) is 11.2. The molecule has 0 saturated carbocycles. The molecule has 1 heterocycles. The van der Waals surface area contributed by atoms with Crippen molar-refractivity contribution < 1.29 is 9.18 Å². The lowest BCUT2D eigenvalue weighted by atomic mass is 10.0. The number of nitrogens with two attached hydrogens (primary N) is 1. The average Bonchev–Trinajstić information content (AvgIpc) is 2.32. The number of amides is 1. The lowest BCUT2D eigenvalue weighted by Crippen LogP contribution is -2.45. The molecule has 0 radical (unpaired) electrons. The van der Waals surface area contributed by atoms with Crippen LogP contribution in [0.3, 0.4) is 0 Å². The standard InChI is InChI=1S/C13H17FN2O.ClH/c1-9-4-5-10(7-12(9)14)13(17)16-6-2-3-11(15)8-16;/h4-5,7,11H,2-3,6,8,15H2,1H3;1H. The maximum absolute atomic E-state index is 13.4. The molecule has 1 amide bonds. The molecule has 1 fully saturated rings. The van der Waals surface area contributed by atoms with Crippen LogP contribution in [0.4, 0.5) is 4.39 Å². The smallest absolute Gasteiger partial charge is 0.254 e. The summed E-state index contributed by atoms with van der Waals surface area (Å²) in [6, 6.07) is 4.65. The SMILES string of the molecule is Cc1ccc(C(=O)N2CCCC(N)C2)cc1F.Cl. The highest BCUT2D eigenvalue weighted by atomic mass is 35.5. The molecule has 2 N–H and O–H groups in total. The Balaban J connectivity index is 0.00000162. The van der Waals surface area contributed by atoms with E-state index in [4.69, 9.17) is 5.73 Å². The first-order valence-corrected chi connectivity index (χ1v) is 5.89. The summed E-state index contributed by atoms with van der Waals surface area (Å²) < 4.78 is 13.4. The molecule has 1 aromatic carbocycles. The van der Waals surface area contributed by atoms with Crippen LogP contribution in [-0.2, 0) is 0 Å². The fraction of sp³-hybridized carbons (Fsp3) is 0.462. The summed E-state index contributed by atoms with van der Waals surface area (Å²) in [6.07, 6.45) is 1.87. The van der Waals surface area contributed by atoms with Crippen molar-refractivity contribution in [2.24, 2.45) is 5.73 Å². The van der Waals surface area contributed by atoms with Gasteiger partial charge in [-0.3, -0.25) is 4.79 Å². The van der Waals surface area contributed by atoms with Crippen LogP contribution in [0.15, 0.2) is 18.2 Å². The number of halogens is 2. The Morgan fingerprint density at radius 3 is 2.83 bits per heavy atom. The number of carbonyl (C=O) groups excluding carboxylic acids is 1. The van der Waals surface area contributed by atoms with E-state index in [9.17, 15) is 9.18 Å². The fourth-order valence-electron chi connectivity index (χ4n) is 2.10. The van der Waals surface area contributed by atoms with Crippen molar-refractivity contribution in [1.82, 2.24) is 4.90 Å². The monoisotopic (exact) mass is 272 g/mol. The number of carbonyl (C=O) groups is 1. The summed E-state index contributed by atoms with van der Waals surface area (Å²) in [4.78, 5) is 13.8. The van der Waals surface area contributed by atoms with Gasteiger partial charge in [0.15, 0.2) is 0 Å². The summed E-state index contributed by atoms with van der Waals surface area (Å²) in [5.74, 6) is -0.462. The minimum absolute atomic E-state index is 0. The predicted octanol–water partition coefficient (Wildman–Crippen LogP) is 2.12. The zero-order chi connectivity index (χ0) is 12.4. The first kappa shape index (κ1) is 14.9. The first-order valence-electron chi connectivity index (χ1n) is 5.89. The van der Waals surface area contributed by atoms with Crippen molar-refractivity contribution in [1.29, 1.82) is 0 Å². The predicted molar refractivity (Wildman–Crippen MR) is 71.5 cm³/mol. The van der Waals surface area contributed by atoms with Crippen LogP contribution in [-0.4, -0.2) is 29.9 Å². The minimum atomic E-state index is -0.336. The molecule has 5 heteroatoms. The second-order valence-electron chi connectivity index (χ2n) is 4.62. The molecule has 2 rings (SSSR count). The van der Waals surface area contributed by atoms with Crippen LogP contribution in [0.25, 0.3) is 0 Å². The Labute approximate surface area is 113 Å². The van der Waals surface area contributed by atoms with Gasteiger partial charge in [0.05, 0.1) is 0 Å². The maximum atomic E-state index is 13.4. The van der Waals surface area contributed by atoms with Gasteiger partial charge in [-0.05, 0) is 37.5 Å². The van der Waals surface area contributed by atoms with E-state index in [-0.39, 0.29) is 30.2 Å². The number of nitrogens with zero attached hydrogens (tertiary/aromatic N) is 1. The maximum Gasteiger partial charge on any atom is 0.254 e. The third-order valence-electron chi connectivity index (χ3n) is 3.16. The van der Waals surface area contributed by atoms with E-state index >= 15 is 0 Å². The fourth-order valence-corrected chi connectivity index (χ4v) is 2.10. The van der Waals surface area contributed by atoms with Gasteiger partial charge in [-0.25, -0.2) is 4.39 Å². The van der Waals surface area contributed by atoms with E-state index in [0.29, 0.717) is 24.2 Å². The highest BCUT2D eigenvalue weighted by Gasteiger charge is 2.22. The quantitative estimate of drug-likeness (QED) is 0.851. The molecule has 1 atom stereocenters. The van der Waals surface area contributed by atoms with Gasteiger partial charge >= 0.3 is 0 Å². The molecule has 1 aliphatic rings. The number of hydrogen-bond acceptors (Lipinski definition) is 2. The van der Waals surface area contributed by atoms with Gasteiger partial charge < -0.3 is 10.6 Å². The van der Waals surface area contributed by atoms with Gasteiger partial charge in [-0.15, -0.1) is 12.4 Å². The van der Waals surface area contributed by atoms with Crippen molar-refractivity contribution in [2.45, 2.75) is 25.8 Å². The van der Waals surface area contributed by atoms with Crippen LogP contribution in [0.1, 0.15) is 28.8 Å². The van der Waals surface area contributed by atoms with Gasteiger partial charge in [0.1, 0.15) is 5.82 Å². The molecule has 0 spiro atoms. The van der Waals surface area contributed by atoms with E-state index in [2.05, 4.69) is 0 Å². The van der Waals surface area contributed by atoms with Crippen LogP contribution in [0.2, 0.25) is 0 Å². The van der Waals surface area contributed by atoms with Crippen LogP contribution >= 0.6 is 12.4 Å². The highest BCUT2D eigenvalue weighted by Crippen LogP contribution is 2.15. The zero-order valence-electron chi connectivity index (χ0n) is 10.4. The van der Waals surface area contributed by atoms with Gasteiger partial charge in [-0.2, -0.15) is 0 Å². The Kier molecular flexibility index (Phi) is 5.11.